The lowest BCUT2D eigenvalue weighted by Gasteiger charge is -2.32. The van der Waals surface area contributed by atoms with Gasteiger partial charge in [-0.3, -0.25) is 9.69 Å². The fourth-order valence-corrected chi connectivity index (χ4v) is 3.18. The Bertz CT molecular complexity index is 749. The van der Waals surface area contributed by atoms with Crippen molar-refractivity contribution in [3.63, 3.8) is 0 Å². The summed E-state index contributed by atoms with van der Waals surface area (Å²) in [5.41, 5.74) is 0. The van der Waals surface area contributed by atoms with E-state index >= 15 is 0 Å². The lowest BCUT2D eigenvalue weighted by molar-refractivity contribution is -0.122. The average molecular weight is 387 g/mol. The van der Waals surface area contributed by atoms with Crippen molar-refractivity contribution in [2.45, 2.75) is 45.8 Å². The zero-order valence-electron chi connectivity index (χ0n) is 16.8. The van der Waals surface area contributed by atoms with E-state index < -0.39 is 0 Å². The molecular formula is C18H29N9O. The van der Waals surface area contributed by atoms with Crippen molar-refractivity contribution in [1.29, 1.82) is 0 Å². The molecule has 0 aliphatic carbocycles. The predicted molar refractivity (Wildman–Crippen MR) is 104 cm³/mol. The first-order valence-electron chi connectivity index (χ1n) is 9.77. The van der Waals surface area contributed by atoms with E-state index in [1.54, 1.807) is 17.1 Å². The summed E-state index contributed by atoms with van der Waals surface area (Å²) in [6.45, 7) is 7.37. The maximum absolute atomic E-state index is 12.4. The van der Waals surface area contributed by atoms with E-state index in [2.05, 4.69) is 54.5 Å². The van der Waals surface area contributed by atoms with Gasteiger partial charge in [-0.15, -0.1) is 5.10 Å². The van der Waals surface area contributed by atoms with E-state index in [0.717, 1.165) is 31.9 Å². The number of nitrogens with one attached hydrogen (secondary N) is 1. The molecule has 2 aromatic heterocycles. The van der Waals surface area contributed by atoms with Crippen molar-refractivity contribution in [3.05, 3.63) is 24.3 Å². The number of aromatic nitrogens is 6. The van der Waals surface area contributed by atoms with Gasteiger partial charge in [-0.25, -0.2) is 14.6 Å². The van der Waals surface area contributed by atoms with Crippen LogP contribution in [-0.2, 0) is 17.9 Å². The van der Waals surface area contributed by atoms with Crippen LogP contribution < -0.4 is 10.2 Å². The SMILES string of the molecule is CC(C)N(C)Cc1nnnn1CC(=O)NC[C@H]1CCCN(c2ncccn2)C1. The third kappa shape index (κ3) is 5.44. The van der Waals surface area contributed by atoms with Crippen molar-refractivity contribution >= 4 is 11.9 Å². The normalized spacial score (nSPS) is 17.3. The van der Waals surface area contributed by atoms with Gasteiger partial charge in [0.25, 0.3) is 0 Å². The molecule has 2 aromatic rings. The Morgan fingerprint density at radius 2 is 2.14 bits per heavy atom. The molecule has 1 fully saturated rings. The Kier molecular flexibility index (Phi) is 6.85. The van der Waals surface area contributed by atoms with Gasteiger partial charge in [0.2, 0.25) is 11.9 Å². The van der Waals surface area contributed by atoms with Crippen LogP contribution in [0.25, 0.3) is 0 Å². The molecule has 0 radical (unpaired) electrons. The molecule has 28 heavy (non-hydrogen) atoms. The van der Waals surface area contributed by atoms with E-state index in [1.165, 1.54) is 0 Å². The number of hydrogen-bond acceptors (Lipinski definition) is 8. The molecule has 10 nitrogen and oxygen atoms in total. The highest BCUT2D eigenvalue weighted by Crippen LogP contribution is 2.19. The smallest absolute Gasteiger partial charge is 0.241 e. The van der Waals surface area contributed by atoms with Crippen LogP contribution in [0.5, 0.6) is 0 Å². The second-order valence-corrected chi connectivity index (χ2v) is 7.57. The van der Waals surface area contributed by atoms with Crippen LogP contribution in [0, 0.1) is 5.92 Å². The van der Waals surface area contributed by atoms with E-state index in [0.29, 0.717) is 30.9 Å². The summed E-state index contributed by atoms with van der Waals surface area (Å²) in [6, 6.07) is 2.19. The van der Waals surface area contributed by atoms with Gasteiger partial charge in [0.15, 0.2) is 5.82 Å². The van der Waals surface area contributed by atoms with Crippen molar-refractivity contribution in [3.8, 4) is 0 Å². The Labute approximate surface area is 165 Å². The first-order chi connectivity index (χ1) is 13.5. The van der Waals surface area contributed by atoms with Crippen LogP contribution >= 0.6 is 0 Å². The van der Waals surface area contributed by atoms with Crippen LogP contribution in [0.1, 0.15) is 32.5 Å². The van der Waals surface area contributed by atoms with Crippen molar-refractivity contribution in [2.24, 2.45) is 5.92 Å². The average Bonchev–Trinajstić information content (AvgIpc) is 3.13. The zero-order valence-corrected chi connectivity index (χ0v) is 16.8. The van der Waals surface area contributed by atoms with Gasteiger partial charge in [0.1, 0.15) is 6.54 Å². The topological polar surface area (TPSA) is 105 Å². The molecule has 1 amide bonds. The summed E-state index contributed by atoms with van der Waals surface area (Å²) in [6.07, 6.45) is 5.67. The third-order valence-electron chi connectivity index (χ3n) is 5.11. The highest BCUT2D eigenvalue weighted by Gasteiger charge is 2.22. The third-order valence-corrected chi connectivity index (χ3v) is 5.11. The number of tetrazole rings is 1. The molecule has 0 saturated carbocycles. The van der Waals surface area contributed by atoms with Crippen molar-refractivity contribution in [1.82, 2.24) is 40.4 Å². The number of carbonyl (C=O) groups excluding carboxylic acids is 1. The lowest BCUT2D eigenvalue weighted by Crippen LogP contribution is -2.42. The van der Waals surface area contributed by atoms with Crippen LogP contribution in [0.3, 0.4) is 0 Å². The Balaban J connectivity index is 1.48. The summed E-state index contributed by atoms with van der Waals surface area (Å²) in [5.74, 6) is 1.75. The molecule has 0 aromatic carbocycles. The number of rotatable bonds is 8. The fourth-order valence-electron chi connectivity index (χ4n) is 3.18. The first-order valence-corrected chi connectivity index (χ1v) is 9.77. The summed E-state index contributed by atoms with van der Waals surface area (Å²) in [4.78, 5) is 25.4. The molecule has 1 N–H and O–H groups in total. The van der Waals surface area contributed by atoms with E-state index in [4.69, 9.17) is 0 Å². The van der Waals surface area contributed by atoms with Crippen molar-refractivity contribution in [2.75, 3.05) is 31.6 Å². The molecule has 0 unspecified atom stereocenters. The molecule has 1 aliphatic rings. The molecule has 0 bridgehead atoms. The molecule has 0 spiro atoms. The Hall–Kier alpha value is -2.62. The highest BCUT2D eigenvalue weighted by molar-refractivity contribution is 5.75. The first kappa shape index (κ1) is 20.1. The number of carbonyl (C=O) groups is 1. The van der Waals surface area contributed by atoms with Gasteiger partial charge < -0.3 is 10.2 Å². The largest absolute Gasteiger partial charge is 0.354 e. The molecule has 3 heterocycles. The second kappa shape index (κ2) is 9.54. The quantitative estimate of drug-likeness (QED) is 0.691. The molecule has 1 saturated heterocycles. The maximum atomic E-state index is 12.4. The monoisotopic (exact) mass is 387 g/mol. The molecule has 1 aliphatic heterocycles. The molecule has 152 valence electrons. The minimum absolute atomic E-state index is 0.0752. The van der Waals surface area contributed by atoms with Gasteiger partial charge in [0.05, 0.1) is 6.54 Å². The van der Waals surface area contributed by atoms with Crippen LogP contribution in [0.2, 0.25) is 0 Å². The fraction of sp³-hybridized carbons (Fsp3) is 0.667. The number of nitrogens with zero attached hydrogens (tertiary/aromatic N) is 8. The number of piperidine rings is 1. The minimum atomic E-state index is -0.0752. The van der Waals surface area contributed by atoms with Gasteiger partial charge >= 0.3 is 0 Å². The number of hydrogen-bond donors (Lipinski definition) is 1. The molecule has 3 rings (SSSR count). The molecule has 1 atom stereocenters. The van der Waals surface area contributed by atoms with E-state index in [1.807, 2.05) is 13.1 Å². The van der Waals surface area contributed by atoms with Crippen LogP contribution in [-0.4, -0.2) is 73.7 Å². The van der Waals surface area contributed by atoms with Gasteiger partial charge in [-0.1, -0.05) is 0 Å². The summed E-state index contributed by atoms with van der Waals surface area (Å²) in [7, 11) is 2.01. The number of amides is 1. The Morgan fingerprint density at radius 1 is 1.36 bits per heavy atom. The standard InChI is InChI=1S/C18H29N9O/c1-14(2)25(3)12-16-22-23-24-27(16)13-17(28)21-10-15-6-4-9-26(11-15)18-19-7-5-8-20-18/h5,7-8,14-15H,4,6,9-13H2,1-3H3,(H,21,28)/t15-/m1/s1. The Morgan fingerprint density at radius 3 is 2.89 bits per heavy atom. The summed E-state index contributed by atoms with van der Waals surface area (Å²) in [5, 5.41) is 14.7. The second-order valence-electron chi connectivity index (χ2n) is 7.57. The lowest BCUT2D eigenvalue weighted by atomic mass is 9.98. The van der Waals surface area contributed by atoms with Gasteiger partial charge in [-0.05, 0) is 56.1 Å². The molecule has 10 heteroatoms. The molecular weight excluding hydrogens is 358 g/mol. The van der Waals surface area contributed by atoms with Gasteiger partial charge in [-0.2, -0.15) is 0 Å². The van der Waals surface area contributed by atoms with E-state index in [-0.39, 0.29) is 12.5 Å². The minimum Gasteiger partial charge on any atom is -0.354 e. The summed E-state index contributed by atoms with van der Waals surface area (Å²) >= 11 is 0. The van der Waals surface area contributed by atoms with Crippen molar-refractivity contribution < 1.29 is 4.79 Å². The maximum Gasteiger partial charge on any atom is 0.241 e. The van der Waals surface area contributed by atoms with Gasteiger partial charge in [0, 0.05) is 38.1 Å². The van der Waals surface area contributed by atoms with Crippen LogP contribution in [0.15, 0.2) is 18.5 Å². The highest BCUT2D eigenvalue weighted by atomic mass is 16.2. The van der Waals surface area contributed by atoms with Crippen LogP contribution in [0.4, 0.5) is 5.95 Å². The number of anilines is 1. The predicted octanol–water partition coefficient (Wildman–Crippen LogP) is 0.336. The summed E-state index contributed by atoms with van der Waals surface area (Å²) < 4.78 is 1.57. The zero-order chi connectivity index (χ0) is 19.9. The van der Waals surface area contributed by atoms with E-state index in [9.17, 15) is 4.79 Å².